The fourth-order valence-corrected chi connectivity index (χ4v) is 5.61. The van der Waals surface area contributed by atoms with E-state index in [0.717, 1.165) is 16.7 Å². The Labute approximate surface area is 229 Å². The molecule has 0 unspecified atom stereocenters. The van der Waals surface area contributed by atoms with Gasteiger partial charge in [-0.2, -0.15) is 0 Å². The lowest BCUT2D eigenvalue weighted by Gasteiger charge is -2.17. The lowest BCUT2D eigenvalue weighted by atomic mass is 9.88. The van der Waals surface area contributed by atoms with E-state index in [4.69, 9.17) is 8.83 Å². The number of benzene rings is 5. The molecule has 0 aliphatic rings. The number of para-hydroxylation sites is 2. The normalized spacial score (nSPS) is 11.4. The monoisotopic (exact) mass is 520 g/mol. The molecule has 0 saturated heterocycles. The summed E-state index contributed by atoms with van der Waals surface area (Å²) in [7, 11) is 0. The largest absolute Gasteiger partial charge is 0.460 e. The Morgan fingerprint density at radius 3 is 1.88 bits per heavy atom. The van der Waals surface area contributed by atoms with Crippen molar-refractivity contribution in [3.05, 3.63) is 153 Å². The van der Waals surface area contributed by atoms with Crippen LogP contribution in [0.5, 0.6) is 0 Å². The number of fused-ring (bicyclic) bond motifs is 3. The van der Waals surface area contributed by atoms with Gasteiger partial charge in [0.25, 0.3) is 0 Å². The van der Waals surface area contributed by atoms with Crippen LogP contribution in [-0.2, 0) is 6.42 Å². The van der Waals surface area contributed by atoms with Crippen molar-refractivity contribution in [2.45, 2.75) is 13.3 Å². The van der Waals surface area contributed by atoms with Crippen LogP contribution in [0, 0.1) is 6.92 Å². The number of hydrogen-bond acceptors (Lipinski definition) is 4. The summed E-state index contributed by atoms with van der Waals surface area (Å²) in [6, 6.07) is 36.3. The minimum atomic E-state index is -0.119. The first-order valence-electron chi connectivity index (χ1n) is 13.2. The van der Waals surface area contributed by atoms with E-state index < -0.39 is 0 Å². The average Bonchev–Trinajstić information content (AvgIpc) is 2.98. The predicted octanol–water partition coefficient (Wildman–Crippen LogP) is 8.29. The summed E-state index contributed by atoms with van der Waals surface area (Å²) in [6.45, 7) is 1.89. The second-order valence-electron chi connectivity index (χ2n) is 10.0. The second-order valence-corrected chi connectivity index (χ2v) is 10.0. The zero-order chi connectivity index (χ0) is 27.2. The number of rotatable bonds is 4. The summed E-state index contributed by atoms with van der Waals surface area (Å²) in [6.07, 6.45) is 0.434. The first kappa shape index (κ1) is 23.9. The first-order valence-corrected chi connectivity index (χ1v) is 13.2. The highest BCUT2D eigenvalue weighted by Crippen LogP contribution is 2.41. The van der Waals surface area contributed by atoms with Gasteiger partial charge in [0, 0.05) is 17.5 Å². The standard InChI is InChI=1S/C36H24O4/c1-22-20-27(33-30(21-23-12-4-2-5-13-23)39-28-18-10-8-16-25(28)35(33)38)32(24-14-6-3-7-15-24)36-31(22)34(37)26-17-9-11-19-29(26)40-36/h2-20H,21H2,1H3. The maximum atomic E-state index is 14.3. The van der Waals surface area contributed by atoms with E-state index in [-0.39, 0.29) is 10.9 Å². The summed E-state index contributed by atoms with van der Waals surface area (Å²) < 4.78 is 13.0. The van der Waals surface area contributed by atoms with Gasteiger partial charge in [-0.1, -0.05) is 84.9 Å². The van der Waals surface area contributed by atoms with E-state index in [9.17, 15) is 9.59 Å². The molecule has 0 N–H and O–H groups in total. The van der Waals surface area contributed by atoms with Crippen LogP contribution in [0.1, 0.15) is 16.9 Å². The number of aryl methyl sites for hydroxylation is 1. The molecule has 0 radical (unpaired) electrons. The Balaban J connectivity index is 1.66. The minimum absolute atomic E-state index is 0.0897. The van der Waals surface area contributed by atoms with Gasteiger partial charge in [-0.15, -0.1) is 0 Å². The van der Waals surface area contributed by atoms with Crippen molar-refractivity contribution >= 4 is 32.9 Å². The van der Waals surface area contributed by atoms with E-state index in [1.165, 1.54) is 0 Å². The molecule has 0 saturated carbocycles. The maximum absolute atomic E-state index is 14.3. The molecular weight excluding hydrogens is 496 g/mol. The summed E-state index contributed by atoms with van der Waals surface area (Å²) >= 11 is 0. The van der Waals surface area contributed by atoms with Crippen LogP contribution in [-0.4, -0.2) is 0 Å². The average molecular weight is 521 g/mol. The van der Waals surface area contributed by atoms with Crippen LogP contribution in [0.4, 0.5) is 0 Å². The smallest absolute Gasteiger partial charge is 0.200 e. The highest BCUT2D eigenvalue weighted by atomic mass is 16.3. The molecule has 0 atom stereocenters. The van der Waals surface area contributed by atoms with E-state index in [1.807, 2.05) is 104 Å². The van der Waals surface area contributed by atoms with Crippen LogP contribution < -0.4 is 10.9 Å². The molecule has 0 aliphatic carbocycles. The van der Waals surface area contributed by atoms with Crippen molar-refractivity contribution in [1.82, 2.24) is 0 Å². The highest BCUT2D eigenvalue weighted by molar-refractivity contribution is 6.06. The zero-order valence-electron chi connectivity index (χ0n) is 21.8. The van der Waals surface area contributed by atoms with E-state index >= 15 is 0 Å². The highest BCUT2D eigenvalue weighted by Gasteiger charge is 2.25. The quantitative estimate of drug-likeness (QED) is 0.219. The topological polar surface area (TPSA) is 60.4 Å². The molecule has 7 aromatic rings. The van der Waals surface area contributed by atoms with Gasteiger partial charge in [0.2, 0.25) is 10.9 Å². The van der Waals surface area contributed by atoms with Crippen molar-refractivity contribution in [2.75, 3.05) is 0 Å². The molecule has 40 heavy (non-hydrogen) atoms. The van der Waals surface area contributed by atoms with Gasteiger partial charge in [0.15, 0.2) is 0 Å². The molecule has 2 aromatic heterocycles. The molecule has 7 rings (SSSR count). The number of hydrogen-bond donors (Lipinski definition) is 0. The van der Waals surface area contributed by atoms with Crippen molar-refractivity contribution in [3.63, 3.8) is 0 Å². The van der Waals surface area contributed by atoms with Crippen LogP contribution >= 0.6 is 0 Å². The Hall–Kier alpha value is -5.22. The first-order chi connectivity index (χ1) is 19.6. The third kappa shape index (κ3) is 3.85. The van der Waals surface area contributed by atoms with E-state index in [0.29, 0.717) is 61.8 Å². The van der Waals surface area contributed by atoms with Crippen molar-refractivity contribution in [3.8, 4) is 22.3 Å². The molecule has 4 nitrogen and oxygen atoms in total. The van der Waals surface area contributed by atoms with Gasteiger partial charge in [0.05, 0.1) is 21.7 Å². The van der Waals surface area contributed by atoms with E-state index in [1.54, 1.807) is 18.2 Å². The Kier molecular flexibility index (Phi) is 5.67. The second kappa shape index (κ2) is 9.51. The molecular formula is C36H24O4. The molecule has 2 heterocycles. The van der Waals surface area contributed by atoms with Gasteiger partial charge < -0.3 is 8.83 Å². The predicted molar refractivity (Wildman–Crippen MR) is 161 cm³/mol. The molecule has 0 spiro atoms. The van der Waals surface area contributed by atoms with Gasteiger partial charge in [0.1, 0.15) is 22.5 Å². The SMILES string of the molecule is Cc1cc(-c2c(Cc3ccccc3)oc3ccccc3c2=O)c(-c2ccccc2)c2oc3ccccc3c(=O)c12. The fourth-order valence-electron chi connectivity index (χ4n) is 5.61. The Morgan fingerprint density at radius 1 is 0.600 bits per heavy atom. The lowest BCUT2D eigenvalue weighted by Crippen LogP contribution is -2.12. The molecule has 5 aromatic carbocycles. The van der Waals surface area contributed by atoms with Crippen molar-refractivity contribution in [2.24, 2.45) is 0 Å². The summed E-state index contributed by atoms with van der Waals surface area (Å²) in [5.41, 5.74) is 5.76. The van der Waals surface area contributed by atoms with Crippen LogP contribution in [0.15, 0.2) is 134 Å². The molecule has 0 bridgehead atoms. The van der Waals surface area contributed by atoms with E-state index in [2.05, 4.69) is 0 Å². The molecule has 0 aliphatic heterocycles. The fraction of sp³-hybridized carbons (Fsp3) is 0.0556. The molecule has 4 heteroatoms. The lowest BCUT2D eigenvalue weighted by molar-refractivity contribution is 0.551. The van der Waals surface area contributed by atoms with Gasteiger partial charge in [-0.3, -0.25) is 9.59 Å². The summed E-state index contributed by atoms with van der Waals surface area (Å²) in [5, 5.41) is 1.54. The Bertz CT molecular complexity index is 2170. The van der Waals surface area contributed by atoms with Gasteiger partial charge >= 0.3 is 0 Å². The van der Waals surface area contributed by atoms with Gasteiger partial charge in [-0.05, 0) is 53.9 Å². The van der Waals surface area contributed by atoms with Crippen molar-refractivity contribution in [1.29, 1.82) is 0 Å². The molecule has 0 amide bonds. The molecule has 192 valence electrons. The van der Waals surface area contributed by atoms with Crippen LogP contribution in [0.3, 0.4) is 0 Å². The summed E-state index contributed by atoms with van der Waals surface area (Å²) in [5.74, 6) is 0.564. The van der Waals surface area contributed by atoms with Gasteiger partial charge in [-0.25, -0.2) is 0 Å². The zero-order valence-corrected chi connectivity index (χ0v) is 21.8. The van der Waals surface area contributed by atoms with Crippen molar-refractivity contribution < 1.29 is 8.83 Å². The van der Waals surface area contributed by atoms with Crippen LogP contribution in [0.2, 0.25) is 0 Å². The third-order valence-electron chi connectivity index (χ3n) is 7.46. The molecule has 0 fully saturated rings. The van der Waals surface area contributed by atoms with Crippen LogP contribution in [0.25, 0.3) is 55.2 Å². The Morgan fingerprint density at radius 2 is 1.18 bits per heavy atom. The summed E-state index contributed by atoms with van der Waals surface area (Å²) in [4.78, 5) is 28.0. The maximum Gasteiger partial charge on any atom is 0.200 e. The third-order valence-corrected chi connectivity index (χ3v) is 7.46. The minimum Gasteiger partial charge on any atom is -0.460 e.